The van der Waals surface area contributed by atoms with Crippen LogP contribution in [0.15, 0.2) is 0 Å². The van der Waals surface area contributed by atoms with E-state index in [4.69, 9.17) is 4.74 Å². The summed E-state index contributed by atoms with van der Waals surface area (Å²) in [6, 6.07) is 1.14. The zero-order chi connectivity index (χ0) is 11.3. The van der Waals surface area contributed by atoms with E-state index in [9.17, 15) is 0 Å². The molecule has 1 aliphatic rings. The van der Waals surface area contributed by atoms with E-state index in [1.807, 2.05) is 0 Å². The molecule has 3 nitrogen and oxygen atoms in total. The Morgan fingerprint density at radius 2 is 2.20 bits per heavy atom. The van der Waals surface area contributed by atoms with E-state index in [2.05, 4.69) is 38.2 Å². The number of nitrogens with zero attached hydrogens (tertiary/aromatic N) is 1. The van der Waals surface area contributed by atoms with Gasteiger partial charge in [-0.15, -0.1) is 0 Å². The lowest BCUT2D eigenvalue weighted by Gasteiger charge is -2.37. The van der Waals surface area contributed by atoms with Crippen LogP contribution in [0.4, 0.5) is 0 Å². The summed E-state index contributed by atoms with van der Waals surface area (Å²) in [6.45, 7) is 7.51. The molecule has 0 aromatic rings. The second kappa shape index (κ2) is 6.46. The molecule has 15 heavy (non-hydrogen) atoms. The minimum absolute atomic E-state index is 0.544. The largest absolute Gasteiger partial charge is 0.380 e. The maximum atomic E-state index is 5.56. The number of hydrogen-bond donors (Lipinski definition) is 1. The topological polar surface area (TPSA) is 24.5 Å². The molecule has 1 heterocycles. The number of nitrogens with one attached hydrogen (secondary N) is 1. The van der Waals surface area contributed by atoms with E-state index in [1.165, 1.54) is 13.0 Å². The van der Waals surface area contributed by atoms with Gasteiger partial charge in [0.2, 0.25) is 0 Å². The molecule has 0 spiro atoms. The van der Waals surface area contributed by atoms with Crippen molar-refractivity contribution >= 4 is 0 Å². The van der Waals surface area contributed by atoms with E-state index in [-0.39, 0.29) is 0 Å². The maximum Gasteiger partial charge on any atom is 0.0636 e. The number of ether oxygens (including phenoxy) is 1. The summed E-state index contributed by atoms with van der Waals surface area (Å²) >= 11 is 0. The highest BCUT2D eigenvalue weighted by atomic mass is 16.5. The van der Waals surface area contributed by atoms with Crippen molar-refractivity contribution in [2.24, 2.45) is 5.92 Å². The first kappa shape index (κ1) is 12.9. The Hall–Kier alpha value is -0.120. The van der Waals surface area contributed by atoms with Crippen LogP contribution in [0.25, 0.3) is 0 Å². The van der Waals surface area contributed by atoms with E-state index in [1.54, 1.807) is 0 Å². The quantitative estimate of drug-likeness (QED) is 0.747. The zero-order valence-corrected chi connectivity index (χ0v) is 10.6. The lowest BCUT2D eigenvalue weighted by molar-refractivity contribution is 0.00669. The molecule has 3 heteroatoms. The van der Waals surface area contributed by atoms with Gasteiger partial charge >= 0.3 is 0 Å². The number of hydrogen-bond acceptors (Lipinski definition) is 3. The van der Waals surface area contributed by atoms with Crippen LogP contribution in [0, 0.1) is 5.92 Å². The summed E-state index contributed by atoms with van der Waals surface area (Å²) in [5.74, 6) is 0.782. The minimum atomic E-state index is 0.544. The van der Waals surface area contributed by atoms with Gasteiger partial charge in [-0.25, -0.2) is 0 Å². The molecule has 1 fully saturated rings. The zero-order valence-electron chi connectivity index (χ0n) is 10.6. The molecule has 1 saturated heterocycles. The lowest BCUT2D eigenvalue weighted by Crippen LogP contribution is -2.53. The van der Waals surface area contributed by atoms with Gasteiger partial charge in [0.1, 0.15) is 0 Å². The minimum Gasteiger partial charge on any atom is -0.380 e. The van der Waals surface area contributed by atoms with Crippen LogP contribution < -0.4 is 5.32 Å². The van der Waals surface area contributed by atoms with Crippen LogP contribution in [0.3, 0.4) is 0 Å². The lowest BCUT2D eigenvalue weighted by atomic mass is 10.0. The molecule has 90 valence electrons. The van der Waals surface area contributed by atoms with E-state index < -0.39 is 0 Å². The van der Waals surface area contributed by atoms with Crippen LogP contribution in [0.1, 0.15) is 26.7 Å². The fraction of sp³-hybridized carbons (Fsp3) is 1.00. The third kappa shape index (κ3) is 4.09. The molecule has 0 aliphatic carbocycles. The van der Waals surface area contributed by atoms with Crippen molar-refractivity contribution < 1.29 is 4.74 Å². The van der Waals surface area contributed by atoms with Gasteiger partial charge in [0.25, 0.3) is 0 Å². The fourth-order valence-electron chi connectivity index (χ4n) is 2.12. The SMILES string of the molecule is CNC1CCOCC1N(C)CCC(C)C. The Morgan fingerprint density at radius 1 is 1.47 bits per heavy atom. The van der Waals surface area contributed by atoms with Gasteiger partial charge in [-0.3, -0.25) is 4.90 Å². The highest BCUT2D eigenvalue weighted by Crippen LogP contribution is 2.14. The molecule has 2 atom stereocenters. The maximum absolute atomic E-state index is 5.56. The van der Waals surface area contributed by atoms with Crippen LogP contribution in [-0.2, 0) is 4.74 Å². The van der Waals surface area contributed by atoms with Crippen molar-refractivity contribution in [2.45, 2.75) is 38.8 Å². The highest BCUT2D eigenvalue weighted by molar-refractivity contribution is 4.85. The summed E-state index contributed by atoms with van der Waals surface area (Å²) in [5, 5.41) is 3.40. The molecule has 0 radical (unpaired) electrons. The molecule has 0 amide bonds. The van der Waals surface area contributed by atoms with Gasteiger partial charge in [-0.1, -0.05) is 13.8 Å². The first-order chi connectivity index (χ1) is 7.15. The molecule has 1 aliphatic heterocycles. The summed E-state index contributed by atoms with van der Waals surface area (Å²) in [6.07, 6.45) is 2.40. The van der Waals surface area contributed by atoms with Crippen molar-refractivity contribution in [3.05, 3.63) is 0 Å². The Kier molecular flexibility index (Phi) is 5.58. The Morgan fingerprint density at radius 3 is 2.80 bits per heavy atom. The molecule has 2 unspecified atom stereocenters. The third-order valence-corrected chi connectivity index (χ3v) is 3.32. The van der Waals surface area contributed by atoms with Gasteiger partial charge in [0.05, 0.1) is 6.61 Å². The second-order valence-corrected chi connectivity index (χ2v) is 4.99. The third-order valence-electron chi connectivity index (χ3n) is 3.32. The first-order valence-corrected chi connectivity index (χ1v) is 6.10. The van der Waals surface area contributed by atoms with E-state index in [0.717, 1.165) is 25.6 Å². The average molecular weight is 214 g/mol. The van der Waals surface area contributed by atoms with Crippen LogP contribution in [0.2, 0.25) is 0 Å². The summed E-state index contributed by atoms with van der Waals surface area (Å²) < 4.78 is 5.56. The summed E-state index contributed by atoms with van der Waals surface area (Å²) in [4.78, 5) is 2.44. The van der Waals surface area contributed by atoms with Crippen molar-refractivity contribution in [1.82, 2.24) is 10.2 Å². The normalized spacial score (nSPS) is 27.6. The van der Waals surface area contributed by atoms with Crippen molar-refractivity contribution in [2.75, 3.05) is 33.9 Å². The summed E-state index contributed by atoms with van der Waals surface area (Å²) in [7, 11) is 4.27. The average Bonchev–Trinajstić information content (AvgIpc) is 2.25. The van der Waals surface area contributed by atoms with Gasteiger partial charge in [0, 0.05) is 18.7 Å². The van der Waals surface area contributed by atoms with Gasteiger partial charge < -0.3 is 10.1 Å². The smallest absolute Gasteiger partial charge is 0.0636 e. The van der Waals surface area contributed by atoms with Gasteiger partial charge in [0.15, 0.2) is 0 Å². The van der Waals surface area contributed by atoms with E-state index >= 15 is 0 Å². The molecule has 0 aromatic heterocycles. The van der Waals surface area contributed by atoms with Gasteiger partial charge in [-0.05, 0) is 39.4 Å². The van der Waals surface area contributed by atoms with E-state index in [0.29, 0.717) is 12.1 Å². The van der Waals surface area contributed by atoms with Crippen molar-refractivity contribution in [3.63, 3.8) is 0 Å². The predicted molar refractivity (Wildman–Crippen MR) is 64.2 cm³/mol. The predicted octanol–water partition coefficient (Wildman–Crippen LogP) is 1.34. The van der Waals surface area contributed by atoms with Crippen molar-refractivity contribution in [3.8, 4) is 0 Å². The molecule has 0 saturated carbocycles. The second-order valence-electron chi connectivity index (χ2n) is 4.99. The molecular formula is C12H26N2O. The summed E-state index contributed by atoms with van der Waals surface area (Å²) in [5.41, 5.74) is 0. The number of rotatable bonds is 5. The molecule has 0 aromatic carbocycles. The Balaban J connectivity index is 2.37. The Labute approximate surface area is 94.2 Å². The van der Waals surface area contributed by atoms with Crippen LogP contribution in [0.5, 0.6) is 0 Å². The fourth-order valence-corrected chi connectivity index (χ4v) is 2.12. The molecule has 1 rings (SSSR count). The van der Waals surface area contributed by atoms with Gasteiger partial charge in [-0.2, -0.15) is 0 Å². The molecule has 0 bridgehead atoms. The molecule has 1 N–H and O–H groups in total. The highest BCUT2D eigenvalue weighted by Gasteiger charge is 2.27. The van der Waals surface area contributed by atoms with Crippen LogP contribution >= 0.6 is 0 Å². The Bertz CT molecular complexity index is 173. The first-order valence-electron chi connectivity index (χ1n) is 6.10. The van der Waals surface area contributed by atoms with Crippen LogP contribution in [-0.4, -0.2) is 50.8 Å². The standard InChI is InChI=1S/C12H26N2O/c1-10(2)5-7-14(4)12-9-15-8-6-11(12)13-3/h10-13H,5-9H2,1-4H3. The number of likely N-dealkylation sites (N-methyl/N-ethyl adjacent to an activating group) is 2. The van der Waals surface area contributed by atoms with Crippen molar-refractivity contribution in [1.29, 1.82) is 0 Å². The monoisotopic (exact) mass is 214 g/mol. The molecular weight excluding hydrogens is 188 g/mol.